The zero-order valence-electron chi connectivity index (χ0n) is 10.2. The average Bonchev–Trinajstić information content (AvgIpc) is 2.34. The van der Waals surface area contributed by atoms with E-state index in [2.05, 4.69) is 4.72 Å². The van der Waals surface area contributed by atoms with Gasteiger partial charge in [0.15, 0.2) is 0 Å². The van der Waals surface area contributed by atoms with Crippen molar-refractivity contribution in [3.05, 3.63) is 29.3 Å². The molecule has 8 heteroatoms. The first kappa shape index (κ1) is 16.3. The lowest BCUT2D eigenvalue weighted by molar-refractivity contribution is -0.139. The van der Waals surface area contributed by atoms with Gasteiger partial charge in [-0.1, -0.05) is 23.7 Å². The summed E-state index contributed by atoms with van der Waals surface area (Å²) in [5.74, 6) is -0.660. The Morgan fingerprint density at radius 3 is 2.63 bits per heavy atom. The topological polar surface area (TPSA) is 83.5 Å². The molecular formula is C11H14ClNO4S2. The van der Waals surface area contributed by atoms with Crippen molar-refractivity contribution in [1.82, 2.24) is 4.72 Å². The molecule has 0 unspecified atom stereocenters. The van der Waals surface area contributed by atoms with E-state index in [1.54, 1.807) is 6.07 Å². The van der Waals surface area contributed by atoms with E-state index in [-0.39, 0.29) is 16.3 Å². The Morgan fingerprint density at radius 2 is 2.11 bits per heavy atom. The van der Waals surface area contributed by atoms with Crippen LogP contribution in [0.25, 0.3) is 0 Å². The lowest BCUT2D eigenvalue weighted by Crippen LogP contribution is -2.41. The van der Waals surface area contributed by atoms with Crippen LogP contribution in [0.4, 0.5) is 0 Å². The van der Waals surface area contributed by atoms with Crippen LogP contribution in [0.1, 0.15) is 6.42 Å². The normalized spacial score (nSPS) is 13.2. The summed E-state index contributed by atoms with van der Waals surface area (Å²) in [6.07, 6.45) is 2.03. The summed E-state index contributed by atoms with van der Waals surface area (Å²) in [6.45, 7) is 0. The van der Waals surface area contributed by atoms with Gasteiger partial charge in [0.1, 0.15) is 10.9 Å². The van der Waals surface area contributed by atoms with Crippen LogP contribution in [0, 0.1) is 0 Å². The van der Waals surface area contributed by atoms with Gasteiger partial charge in [-0.2, -0.15) is 16.5 Å². The molecule has 0 radical (unpaired) electrons. The molecule has 1 aromatic carbocycles. The highest BCUT2D eigenvalue weighted by Gasteiger charge is 2.26. The molecule has 106 valence electrons. The molecule has 2 N–H and O–H groups in total. The van der Waals surface area contributed by atoms with Gasteiger partial charge in [-0.15, -0.1) is 0 Å². The Hall–Kier alpha value is -0.760. The molecule has 0 spiro atoms. The van der Waals surface area contributed by atoms with Gasteiger partial charge in [0, 0.05) is 0 Å². The maximum absolute atomic E-state index is 12.1. The predicted molar refractivity (Wildman–Crippen MR) is 76.2 cm³/mol. The van der Waals surface area contributed by atoms with Crippen molar-refractivity contribution in [1.29, 1.82) is 0 Å². The van der Waals surface area contributed by atoms with Crippen molar-refractivity contribution in [2.75, 3.05) is 12.0 Å². The van der Waals surface area contributed by atoms with E-state index in [9.17, 15) is 13.2 Å². The van der Waals surface area contributed by atoms with E-state index < -0.39 is 22.0 Å². The highest BCUT2D eigenvalue weighted by molar-refractivity contribution is 7.98. The van der Waals surface area contributed by atoms with Crippen LogP contribution in [0.2, 0.25) is 5.02 Å². The van der Waals surface area contributed by atoms with Crippen molar-refractivity contribution in [2.24, 2.45) is 0 Å². The fraction of sp³-hybridized carbons (Fsp3) is 0.364. The SMILES string of the molecule is CSCC[C@@H](NS(=O)(=O)c1ccccc1Cl)C(=O)O. The number of hydrogen-bond donors (Lipinski definition) is 2. The van der Waals surface area contributed by atoms with E-state index in [0.29, 0.717) is 5.75 Å². The van der Waals surface area contributed by atoms with Crippen LogP contribution < -0.4 is 4.72 Å². The minimum atomic E-state index is -3.94. The molecule has 0 fully saturated rings. The molecule has 0 saturated heterocycles. The largest absolute Gasteiger partial charge is 0.480 e. The highest BCUT2D eigenvalue weighted by Crippen LogP contribution is 2.20. The van der Waals surface area contributed by atoms with E-state index >= 15 is 0 Å². The lowest BCUT2D eigenvalue weighted by atomic mass is 10.2. The Labute approximate surface area is 121 Å². The Morgan fingerprint density at radius 1 is 1.47 bits per heavy atom. The second-order valence-electron chi connectivity index (χ2n) is 3.72. The first-order valence-corrected chi connectivity index (χ1v) is 8.62. The van der Waals surface area contributed by atoms with Crippen molar-refractivity contribution in [3.8, 4) is 0 Å². The van der Waals surface area contributed by atoms with Gasteiger partial charge in [0.25, 0.3) is 0 Å². The predicted octanol–water partition coefficient (Wildman–Crippen LogP) is 1.82. The fourth-order valence-electron chi connectivity index (χ4n) is 1.38. The van der Waals surface area contributed by atoms with Crippen LogP contribution >= 0.6 is 23.4 Å². The standard InChI is InChI=1S/C11H14ClNO4S2/c1-18-7-6-9(11(14)15)13-19(16,17)10-5-3-2-4-8(10)12/h2-5,9,13H,6-7H2,1H3,(H,14,15)/t9-/m1/s1. The molecule has 0 bridgehead atoms. The third-order valence-electron chi connectivity index (χ3n) is 2.33. The molecule has 0 heterocycles. The van der Waals surface area contributed by atoms with Crippen LogP contribution in [-0.2, 0) is 14.8 Å². The molecule has 19 heavy (non-hydrogen) atoms. The second-order valence-corrected chi connectivity index (χ2v) is 6.80. The van der Waals surface area contributed by atoms with Crippen molar-refractivity contribution in [3.63, 3.8) is 0 Å². The summed E-state index contributed by atoms with van der Waals surface area (Å²) in [4.78, 5) is 10.9. The van der Waals surface area contributed by atoms with Crippen LogP contribution in [0.15, 0.2) is 29.2 Å². The summed E-state index contributed by atoms with van der Waals surface area (Å²) in [6, 6.07) is 4.74. The number of halogens is 1. The number of carboxylic acid groups (broad SMARTS) is 1. The van der Waals surface area contributed by atoms with Crippen LogP contribution in [0.3, 0.4) is 0 Å². The minimum Gasteiger partial charge on any atom is -0.480 e. The quantitative estimate of drug-likeness (QED) is 0.799. The van der Waals surface area contributed by atoms with Crippen molar-refractivity contribution < 1.29 is 18.3 Å². The molecular weight excluding hydrogens is 310 g/mol. The molecule has 0 aliphatic carbocycles. The number of thioether (sulfide) groups is 1. The number of rotatable bonds is 7. The fourth-order valence-corrected chi connectivity index (χ4v) is 3.60. The van der Waals surface area contributed by atoms with Gasteiger partial charge in [-0.3, -0.25) is 4.79 Å². The number of aliphatic carboxylic acids is 1. The summed E-state index contributed by atoms with van der Waals surface area (Å²) in [5.41, 5.74) is 0. The zero-order chi connectivity index (χ0) is 14.5. The molecule has 0 saturated carbocycles. The van der Waals surface area contributed by atoms with Gasteiger partial charge in [0.05, 0.1) is 5.02 Å². The highest BCUT2D eigenvalue weighted by atomic mass is 35.5. The van der Waals surface area contributed by atoms with Crippen molar-refractivity contribution >= 4 is 39.4 Å². The van der Waals surface area contributed by atoms with E-state index in [1.165, 1.54) is 30.0 Å². The molecule has 0 aliphatic rings. The molecule has 0 amide bonds. The Balaban J connectivity index is 2.95. The number of carbonyl (C=O) groups is 1. The van der Waals surface area contributed by atoms with Crippen LogP contribution in [0.5, 0.6) is 0 Å². The number of hydrogen-bond acceptors (Lipinski definition) is 4. The first-order chi connectivity index (χ1) is 8.88. The average molecular weight is 324 g/mol. The number of carboxylic acids is 1. The molecule has 1 rings (SSSR count). The maximum atomic E-state index is 12.1. The maximum Gasteiger partial charge on any atom is 0.321 e. The van der Waals surface area contributed by atoms with Gasteiger partial charge < -0.3 is 5.11 Å². The summed E-state index contributed by atoms with van der Waals surface area (Å²) in [7, 11) is -3.94. The molecule has 0 aliphatic heterocycles. The van der Waals surface area contributed by atoms with Gasteiger partial charge in [0.2, 0.25) is 10.0 Å². The van der Waals surface area contributed by atoms with Crippen molar-refractivity contribution in [2.45, 2.75) is 17.4 Å². The monoisotopic (exact) mass is 323 g/mol. The van der Waals surface area contributed by atoms with Gasteiger partial charge in [-0.05, 0) is 30.6 Å². The second kappa shape index (κ2) is 7.14. The minimum absolute atomic E-state index is 0.0593. The van der Waals surface area contributed by atoms with E-state index in [0.717, 1.165) is 0 Å². The third-order valence-corrected chi connectivity index (χ3v) is 4.95. The Kier molecular flexibility index (Phi) is 6.12. The smallest absolute Gasteiger partial charge is 0.321 e. The van der Waals surface area contributed by atoms with E-state index in [1.807, 2.05) is 6.26 Å². The van der Waals surface area contributed by atoms with Crippen LogP contribution in [-0.4, -0.2) is 37.5 Å². The zero-order valence-corrected chi connectivity index (χ0v) is 12.6. The molecule has 1 atom stereocenters. The number of sulfonamides is 1. The molecule has 1 aromatic rings. The molecule has 5 nitrogen and oxygen atoms in total. The summed E-state index contributed by atoms with van der Waals surface area (Å²) >= 11 is 7.25. The van der Waals surface area contributed by atoms with Gasteiger partial charge in [-0.25, -0.2) is 8.42 Å². The summed E-state index contributed by atoms with van der Waals surface area (Å²) in [5, 5.41) is 9.07. The van der Waals surface area contributed by atoms with E-state index in [4.69, 9.17) is 16.7 Å². The number of benzene rings is 1. The third kappa shape index (κ3) is 4.68. The Bertz CT molecular complexity index is 547. The lowest BCUT2D eigenvalue weighted by Gasteiger charge is -2.14. The summed E-state index contributed by atoms with van der Waals surface area (Å²) < 4.78 is 26.3. The van der Waals surface area contributed by atoms with Gasteiger partial charge >= 0.3 is 5.97 Å². The number of nitrogens with one attached hydrogen (secondary N) is 1. The molecule has 0 aromatic heterocycles. The first-order valence-electron chi connectivity index (χ1n) is 5.37.